The van der Waals surface area contributed by atoms with Crippen LogP contribution in [0.1, 0.15) is 31.5 Å². The molecule has 1 N–H and O–H groups in total. The quantitative estimate of drug-likeness (QED) is 0.866. The average molecular weight is 283 g/mol. The Bertz CT molecular complexity index is 408. The van der Waals surface area contributed by atoms with Crippen molar-refractivity contribution in [1.82, 2.24) is 9.36 Å². The first-order valence-corrected chi connectivity index (χ1v) is 7.82. The van der Waals surface area contributed by atoms with Crippen molar-refractivity contribution in [3.63, 3.8) is 0 Å². The smallest absolute Gasteiger partial charge is 0.202 e. The molecule has 1 aliphatic heterocycles. The van der Waals surface area contributed by atoms with Crippen molar-refractivity contribution in [2.24, 2.45) is 5.92 Å². The maximum atomic E-state index is 5.84. The normalized spacial score (nSPS) is 27.4. The lowest BCUT2D eigenvalue weighted by Gasteiger charge is -2.30. The van der Waals surface area contributed by atoms with E-state index in [0.717, 1.165) is 42.7 Å². The Kier molecular flexibility index (Phi) is 4.30. The number of nitrogens with one attached hydrogen (secondary N) is 1. The van der Waals surface area contributed by atoms with Crippen LogP contribution in [0, 0.1) is 5.92 Å². The molecule has 1 aliphatic carbocycles. The van der Waals surface area contributed by atoms with Crippen molar-refractivity contribution in [2.75, 3.05) is 25.6 Å². The maximum Gasteiger partial charge on any atom is 0.202 e. The third kappa shape index (κ3) is 3.64. The highest BCUT2D eigenvalue weighted by molar-refractivity contribution is 7.09. The van der Waals surface area contributed by atoms with Crippen LogP contribution in [0.3, 0.4) is 0 Å². The van der Waals surface area contributed by atoms with Crippen LogP contribution in [-0.2, 0) is 15.9 Å². The number of anilines is 1. The van der Waals surface area contributed by atoms with Gasteiger partial charge in [-0.2, -0.15) is 4.37 Å². The molecule has 1 aromatic heterocycles. The molecule has 0 amide bonds. The van der Waals surface area contributed by atoms with Gasteiger partial charge in [0.05, 0.1) is 12.7 Å². The monoisotopic (exact) mass is 283 g/mol. The lowest BCUT2D eigenvalue weighted by Crippen LogP contribution is -2.35. The zero-order valence-corrected chi connectivity index (χ0v) is 12.1. The number of aromatic nitrogens is 2. The topological polar surface area (TPSA) is 56.3 Å². The first kappa shape index (κ1) is 13.3. The van der Waals surface area contributed by atoms with E-state index in [4.69, 9.17) is 9.47 Å². The highest BCUT2D eigenvalue weighted by Gasteiger charge is 2.36. The molecule has 1 aromatic rings. The predicted octanol–water partition coefficient (Wildman–Crippen LogP) is 2.10. The van der Waals surface area contributed by atoms with E-state index in [1.54, 1.807) is 7.11 Å². The summed E-state index contributed by atoms with van der Waals surface area (Å²) in [6.07, 6.45) is 6.11. The van der Waals surface area contributed by atoms with Gasteiger partial charge in [-0.15, -0.1) is 0 Å². The van der Waals surface area contributed by atoms with E-state index in [0.29, 0.717) is 18.8 Å². The zero-order chi connectivity index (χ0) is 13.1. The van der Waals surface area contributed by atoms with E-state index < -0.39 is 0 Å². The molecule has 2 aliphatic rings. The molecule has 5 nitrogen and oxygen atoms in total. The fourth-order valence-electron chi connectivity index (χ4n) is 2.54. The van der Waals surface area contributed by atoms with Gasteiger partial charge in [-0.25, -0.2) is 4.98 Å². The van der Waals surface area contributed by atoms with Crippen LogP contribution >= 0.6 is 11.5 Å². The maximum absolute atomic E-state index is 5.84. The van der Waals surface area contributed by atoms with E-state index >= 15 is 0 Å². The van der Waals surface area contributed by atoms with Crippen LogP contribution in [0.15, 0.2) is 0 Å². The summed E-state index contributed by atoms with van der Waals surface area (Å²) in [6.45, 7) is 1.55. The van der Waals surface area contributed by atoms with Crippen LogP contribution in [0.2, 0.25) is 0 Å². The number of hydrogen-bond donors (Lipinski definition) is 1. The number of ether oxygens (including phenoxy) is 2. The molecule has 2 heterocycles. The van der Waals surface area contributed by atoms with Crippen molar-refractivity contribution < 1.29 is 9.47 Å². The Morgan fingerprint density at radius 3 is 3.11 bits per heavy atom. The third-order valence-corrected chi connectivity index (χ3v) is 4.47. The number of nitrogens with zero attached hydrogens (tertiary/aromatic N) is 2. The molecular weight excluding hydrogens is 262 g/mol. The van der Waals surface area contributed by atoms with Crippen molar-refractivity contribution in [3.05, 3.63) is 5.82 Å². The van der Waals surface area contributed by atoms with Crippen LogP contribution in [0.5, 0.6) is 0 Å². The summed E-state index contributed by atoms with van der Waals surface area (Å²) < 4.78 is 15.2. The van der Waals surface area contributed by atoms with E-state index in [2.05, 4.69) is 14.7 Å². The summed E-state index contributed by atoms with van der Waals surface area (Å²) in [6, 6.07) is 0.488. The highest BCUT2D eigenvalue weighted by atomic mass is 32.1. The van der Waals surface area contributed by atoms with Crippen LogP contribution in [0.25, 0.3) is 0 Å². The Morgan fingerprint density at radius 1 is 1.42 bits per heavy atom. The Hall–Kier alpha value is -0.720. The van der Waals surface area contributed by atoms with Gasteiger partial charge >= 0.3 is 0 Å². The minimum absolute atomic E-state index is 0.465. The molecule has 3 rings (SSSR count). The molecule has 0 bridgehead atoms. The summed E-state index contributed by atoms with van der Waals surface area (Å²) in [7, 11) is 1.70. The molecule has 106 valence electrons. The van der Waals surface area contributed by atoms with Crippen LogP contribution in [-0.4, -0.2) is 41.8 Å². The minimum Gasteiger partial charge on any atom is -0.384 e. The van der Waals surface area contributed by atoms with Gasteiger partial charge < -0.3 is 14.8 Å². The first-order chi connectivity index (χ1) is 9.35. The van der Waals surface area contributed by atoms with Gasteiger partial charge in [0.25, 0.3) is 0 Å². The standard InChI is InChI=1S/C13H21N3O2S/c1-17-6-5-12-15-13(19-16-12)14-10-4-7-18-11(8-10)9-2-3-9/h9-11H,2-8H2,1H3,(H,14,15,16). The number of hydrogen-bond acceptors (Lipinski definition) is 6. The Balaban J connectivity index is 1.50. The number of methoxy groups -OCH3 is 1. The van der Waals surface area contributed by atoms with Gasteiger partial charge in [-0.3, -0.25) is 0 Å². The Morgan fingerprint density at radius 2 is 2.32 bits per heavy atom. The predicted molar refractivity (Wildman–Crippen MR) is 74.6 cm³/mol. The van der Waals surface area contributed by atoms with Crippen molar-refractivity contribution in [3.8, 4) is 0 Å². The minimum atomic E-state index is 0.465. The lowest BCUT2D eigenvalue weighted by atomic mass is 10.0. The van der Waals surface area contributed by atoms with Gasteiger partial charge in [0, 0.05) is 37.7 Å². The van der Waals surface area contributed by atoms with E-state index in [1.807, 2.05) is 0 Å². The van der Waals surface area contributed by atoms with E-state index in [9.17, 15) is 0 Å². The largest absolute Gasteiger partial charge is 0.384 e. The first-order valence-electron chi connectivity index (χ1n) is 7.05. The van der Waals surface area contributed by atoms with Gasteiger partial charge in [-0.05, 0) is 31.6 Å². The molecule has 0 spiro atoms. The molecule has 0 aromatic carbocycles. The Labute approximate surface area is 117 Å². The van der Waals surface area contributed by atoms with Crippen LogP contribution in [0.4, 0.5) is 5.13 Å². The van der Waals surface area contributed by atoms with E-state index in [-0.39, 0.29) is 0 Å². The van der Waals surface area contributed by atoms with Gasteiger partial charge in [0.2, 0.25) is 5.13 Å². The molecule has 6 heteroatoms. The fraction of sp³-hybridized carbons (Fsp3) is 0.846. The van der Waals surface area contributed by atoms with Gasteiger partial charge in [0.1, 0.15) is 5.82 Å². The average Bonchev–Trinajstić information content (AvgIpc) is 3.19. The summed E-state index contributed by atoms with van der Waals surface area (Å²) in [4.78, 5) is 4.50. The van der Waals surface area contributed by atoms with Gasteiger partial charge in [-0.1, -0.05) is 0 Å². The lowest BCUT2D eigenvalue weighted by molar-refractivity contribution is -0.00218. The van der Waals surface area contributed by atoms with Gasteiger partial charge in [0.15, 0.2) is 0 Å². The fourth-order valence-corrected chi connectivity index (χ4v) is 3.23. The summed E-state index contributed by atoms with van der Waals surface area (Å²) in [5, 5.41) is 4.45. The SMILES string of the molecule is COCCc1nsc(NC2CCOC(C3CC3)C2)n1. The van der Waals surface area contributed by atoms with Crippen LogP contribution < -0.4 is 5.32 Å². The second-order valence-electron chi connectivity index (χ2n) is 5.37. The summed E-state index contributed by atoms with van der Waals surface area (Å²) in [5.41, 5.74) is 0. The molecular formula is C13H21N3O2S. The summed E-state index contributed by atoms with van der Waals surface area (Å²) >= 11 is 1.45. The van der Waals surface area contributed by atoms with E-state index in [1.165, 1.54) is 24.4 Å². The van der Waals surface area contributed by atoms with Crippen molar-refractivity contribution in [2.45, 2.75) is 44.2 Å². The third-order valence-electron chi connectivity index (χ3n) is 3.79. The van der Waals surface area contributed by atoms with Crippen molar-refractivity contribution in [1.29, 1.82) is 0 Å². The second kappa shape index (κ2) is 6.15. The zero-order valence-electron chi connectivity index (χ0n) is 11.3. The molecule has 0 radical (unpaired) electrons. The molecule has 1 saturated heterocycles. The van der Waals surface area contributed by atoms with Crippen molar-refractivity contribution >= 4 is 16.7 Å². The number of rotatable bonds is 6. The molecule has 2 fully saturated rings. The summed E-state index contributed by atoms with van der Waals surface area (Å²) in [5.74, 6) is 1.69. The molecule has 1 saturated carbocycles. The molecule has 19 heavy (non-hydrogen) atoms. The molecule has 2 atom stereocenters. The highest BCUT2D eigenvalue weighted by Crippen LogP contribution is 2.38. The molecule has 2 unspecified atom stereocenters. The second-order valence-corrected chi connectivity index (χ2v) is 6.12.